The second-order valence-electron chi connectivity index (χ2n) is 5.56. The topological polar surface area (TPSA) is 116 Å². The van der Waals surface area contributed by atoms with E-state index in [0.717, 1.165) is 13.1 Å². The zero-order valence-electron chi connectivity index (χ0n) is 13.3. The maximum Gasteiger partial charge on any atom is 0.316 e. The van der Waals surface area contributed by atoms with Crippen LogP contribution in [0.15, 0.2) is 24.3 Å². The van der Waals surface area contributed by atoms with Crippen LogP contribution in [0.2, 0.25) is 0 Å². The van der Waals surface area contributed by atoms with Crippen molar-refractivity contribution < 1.29 is 19.2 Å². The molecule has 128 valence electrons. The number of imide groups is 1. The fraction of sp³-hybridized carbons (Fsp3) is 0.375. The molecule has 1 aliphatic heterocycles. The Labute approximate surface area is 139 Å². The summed E-state index contributed by atoms with van der Waals surface area (Å²) in [7, 11) is 0. The summed E-state index contributed by atoms with van der Waals surface area (Å²) in [4.78, 5) is 46.5. The van der Waals surface area contributed by atoms with Gasteiger partial charge in [-0.3, -0.25) is 24.5 Å². The molecule has 0 unspecified atom stereocenters. The molecule has 0 aliphatic carbocycles. The van der Waals surface area contributed by atoms with E-state index in [1.165, 1.54) is 6.92 Å². The van der Waals surface area contributed by atoms with Crippen molar-refractivity contribution in [2.24, 2.45) is 5.92 Å². The first-order chi connectivity index (χ1) is 11.5. The predicted molar refractivity (Wildman–Crippen MR) is 88.1 cm³/mol. The summed E-state index contributed by atoms with van der Waals surface area (Å²) in [6, 6.07) is 6.28. The largest absolute Gasteiger partial charge is 0.326 e. The first-order valence-electron chi connectivity index (χ1n) is 7.70. The maximum absolute atomic E-state index is 11.9. The first-order valence-corrected chi connectivity index (χ1v) is 7.70. The van der Waals surface area contributed by atoms with E-state index in [0.29, 0.717) is 24.2 Å². The zero-order valence-corrected chi connectivity index (χ0v) is 13.3. The molecule has 1 fully saturated rings. The van der Waals surface area contributed by atoms with Gasteiger partial charge in [-0.05, 0) is 50.2 Å². The van der Waals surface area contributed by atoms with Crippen molar-refractivity contribution in [3.63, 3.8) is 0 Å². The van der Waals surface area contributed by atoms with Crippen molar-refractivity contribution in [2.45, 2.75) is 19.8 Å². The molecule has 8 nitrogen and oxygen atoms in total. The highest BCUT2D eigenvalue weighted by molar-refractivity contribution is 6.42. The third kappa shape index (κ3) is 5.17. The van der Waals surface area contributed by atoms with E-state index in [1.807, 2.05) is 0 Å². The summed E-state index contributed by atoms with van der Waals surface area (Å²) in [5.74, 6) is -2.77. The molecule has 0 spiro atoms. The van der Waals surface area contributed by atoms with Crippen molar-refractivity contribution in [1.82, 2.24) is 10.6 Å². The molecular weight excluding hydrogens is 312 g/mol. The van der Waals surface area contributed by atoms with Gasteiger partial charge in [-0.1, -0.05) is 0 Å². The predicted octanol–water partition coefficient (Wildman–Crippen LogP) is 0.226. The summed E-state index contributed by atoms with van der Waals surface area (Å²) < 4.78 is 0. The highest BCUT2D eigenvalue weighted by Crippen LogP contribution is 2.14. The highest BCUT2D eigenvalue weighted by Gasteiger charge is 2.25. The molecule has 2 rings (SSSR count). The van der Waals surface area contributed by atoms with Gasteiger partial charge in [0.1, 0.15) is 0 Å². The summed E-state index contributed by atoms with van der Waals surface area (Å²) in [6.07, 6.45) is 1.29. The normalized spacial score (nSPS) is 14.5. The quantitative estimate of drug-likeness (QED) is 0.591. The first kappa shape index (κ1) is 17.6. The van der Waals surface area contributed by atoms with E-state index in [9.17, 15) is 19.2 Å². The molecular formula is C16H20N4O4. The van der Waals surface area contributed by atoms with E-state index in [-0.39, 0.29) is 11.8 Å². The minimum absolute atomic E-state index is 0.206. The van der Waals surface area contributed by atoms with Gasteiger partial charge in [-0.25, -0.2) is 0 Å². The van der Waals surface area contributed by atoms with Crippen molar-refractivity contribution in [3.05, 3.63) is 24.3 Å². The molecule has 1 aliphatic rings. The highest BCUT2D eigenvalue weighted by atomic mass is 16.2. The van der Waals surface area contributed by atoms with Crippen LogP contribution in [0.4, 0.5) is 11.4 Å². The van der Waals surface area contributed by atoms with Crippen LogP contribution in [-0.2, 0) is 19.2 Å². The molecule has 4 N–H and O–H groups in total. The molecule has 4 amide bonds. The Balaban J connectivity index is 1.85. The number of piperidine rings is 1. The molecule has 0 saturated carbocycles. The lowest BCUT2D eigenvalue weighted by atomic mass is 9.97. The number of nitrogens with one attached hydrogen (secondary N) is 4. The molecule has 24 heavy (non-hydrogen) atoms. The standard InChI is InChI=1S/C16H20N4O4/c1-10(21)18-12-2-4-13(5-3-12)19-15(23)16(24)20-14(22)11-6-8-17-9-7-11/h2-5,11,17H,6-9H2,1H3,(H,18,21)(H,19,23)(H,20,22,24). The Kier molecular flexibility index (Phi) is 6.02. The average molecular weight is 332 g/mol. The van der Waals surface area contributed by atoms with Crippen LogP contribution < -0.4 is 21.3 Å². The fourth-order valence-electron chi connectivity index (χ4n) is 2.38. The third-order valence-corrected chi connectivity index (χ3v) is 3.62. The van der Waals surface area contributed by atoms with Gasteiger partial charge in [-0.2, -0.15) is 0 Å². The summed E-state index contributed by atoms with van der Waals surface area (Å²) >= 11 is 0. The van der Waals surface area contributed by atoms with Gasteiger partial charge in [0.05, 0.1) is 0 Å². The van der Waals surface area contributed by atoms with Gasteiger partial charge in [0.25, 0.3) is 0 Å². The number of hydrogen-bond acceptors (Lipinski definition) is 5. The minimum Gasteiger partial charge on any atom is -0.326 e. The number of anilines is 2. The van der Waals surface area contributed by atoms with Gasteiger partial charge in [0.15, 0.2) is 0 Å². The molecule has 8 heteroatoms. The Morgan fingerprint density at radius 2 is 1.46 bits per heavy atom. The van der Waals surface area contributed by atoms with Crippen LogP contribution in [0.25, 0.3) is 0 Å². The van der Waals surface area contributed by atoms with Crippen LogP contribution in [0.5, 0.6) is 0 Å². The van der Waals surface area contributed by atoms with Crippen LogP contribution >= 0.6 is 0 Å². The minimum atomic E-state index is -0.982. The Morgan fingerprint density at radius 3 is 2.00 bits per heavy atom. The van der Waals surface area contributed by atoms with Gasteiger partial charge in [-0.15, -0.1) is 0 Å². The van der Waals surface area contributed by atoms with E-state index in [2.05, 4.69) is 21.3 Å². The Hall–Kier alpha value is -2.74. The van der Waals surface area contributed by atoms with Crippen LogP contribution in [0, 0.1) is 5.92 Å². The van der Waals surface area contributed by atoms with E-state index >= 15 is 0 Å². The number of carbonyl (C=O) groups excluding carboxylic acids is 4. The van der Waals surface area contributed by atoms with Crippen molar-refractivity contribution >= 4 is 35.0 Å². The Bertz CT molecular complexity index is 636. The van der Waals surface area contributed by atoms with Gasteiger partial charge < -0.3 is 16.0 Å². The number of rotatable bonds is 3. The maximum atomic E-state index is 11.9. The summed E-state index contributed by atoms with van der Waals surface area (Å²) in [6.45, 7) is 2.83. The van der Waals surface area contributed by atoms with E-state index < -0.39 is 17.7 Å². The molecule has 1 aromatic rings. The zero-order chi connectivity index (χ0) is 17.5. The molecule has 0 atom stereocenters. The number of hydrogen-bond donors (Lipinski definition) is 4. The van der Waals surface area contributed by atoms with Gasteiger partial charge in [0.2, 0.25) is 11.8 Å². The van der Waals surface area contributed by atoms with Gasteiger partial charge >= 0.3 is 11.8 Å². The molecule has 0 aromatic heterocycles. The average Bonchev–Trinajstić information content (AvgIpc) is 2.56. The SMILES string of the molecule is CC(=O)Nc1ccc(NC(=O)C(=O)NC(=O)C2CCNCC2)cc1. The number of benzene rings is 1. The van der Waals surface area contributed by atoms with E-state index in [4.69, 9.17) is 0 Å². The van der Waals surface area contributed by atoms with E-state index in [1.54, 1.807) is 24.3 Å². The Morgan fingerprint density at radius 1 is 0.917 bits per heavy atom. The lowest BCUT2D eigenvalue weighted by Crippen LogP contribution is -2.44. The lowest BCUT2D eigenvalue weighted by Gasteiger charge is -2.21. The van der Waals surface area contributed by atoms with Gasteiger partial charge in [0, 0.05) is 24.2 Å². The fourth-order valence-corrected chi connectivity index (χ4v) is 2.38. The lowest BCUT2D eigenvalue weighted by molar-refractivity contribution is -0.141. The second-order valence-corrected chi connectivity index (χ2v) is 5.56. The molecule has 1 aromatic carbocycles. The third-order valence-electron chi connectivity index (χ3n) is 3.62. The molecule has 0 bridgehead atoms. The van der Waals surface area contributed by atoms with Crippen LogP contribution in [-0.4, -0.2) is 36.7 Å². The number of amides is 4. The molecule has 1 heterocycles. The summed E-state index contributed by atoms with van der Waals surface area (Å²) in [5, 5.41) is 10.2. The van der Waals surface area contributed by atoms with Crippen molar-refractivity contribution in [2.75, 3.05) is 23.7 Å². The number of carbonyl (C=O) groups is 4. The molecule has 1 saturated heterocycles. The monoisotopic (exact) mass is 332 g/mol. The molecule has 0 radical (unpaired) electrons. The van der Waals surface area contributed by atoms with Crippen LogP contribution in [0.3, 0.4) is 0 Å². The van der Waals surface area contributed by atoms with Crippen molar-refractivity contribution in [1.29, 1.82) is 0 Å². The van der Waals surface area contributed by atoms with Crippen molar-refractivity contribution in [3.8, 4) is 0 Å². The second kappa shape index (κ2) is 8.21. The summed E-state index contributed by atoms with van der Waals surface area (Å²) in [5.41, 5.74) is 0.963. The smallest absolute Gasteiger partial charge is 0.316 e. The van der Waals surface area contributed by atoms with Crippen LogP contribution in [0.1, 0.15) is 19.8 Å².